The van der Waals surface area contributed by atoms with E-state index in [-0.39, 0.29) is 5.97 Å². The van der Waals surface area contributed by atoms with Crippen LogP contribution < -0.4 is 0 Å². The summed E-state index contributed by atoms with van der Waals surface area (Å²) in [5.41, 5.74) is 2.04. The number of fused-ring (bicyclic) bond motifs is 2. The summed E-state index contributed by atoms with van der Waals surface area (Å²) in [6.07, 6.45) is 9.28. The predicted molar refractivity (Wildman–Crippen MR) is 79.7 cm³/mol. The number of unbranched alkanes of at least 4 members (excludes halogenated alkanes) is 1. The van der Waals surface area contributed by atoms with Gasteiger partial charge in [0.15, 0.2) is 0 Å². The Morgan fingerprint density at radius 3 is 2.60 bits per heavy atom. The van der Waals surface area contributed by atoms with Gasteiger partial charge in [0.25, 0.3) is 0 Å². The first-order chi connectivity index (χ1) is 9.78. The van der Waals surface area contributed by atoms with E-state index < -0.39 is 0 Å². The van der Waals surface area contributed by atoms with Crippen LogP contribution in [0.4, 0.5) is 0 Å². The van der Waals surface area contributed by atoms with Crippen LogP contribution in [0, 0.1) is 11.8 Å². The lowest BCUT2D eigenvalue weighted by Gasteiger charge is -2.18. The predicted octanol–water partition coefficient (Wildman–Crippen LogP) is 4.32. The quantitative estimate of drug-likeness (QED) is 0.452. The number of benzene rings is 1. The number of ether oxygens (including phenoxy) is 1. The smallest absolute Gasteiger partial charge is 0.338 e. The number of carbonyl (C=O) groups excluding carboxylic acids is 1. The normalized spacial score (nSPS) is 26.9. The van der Waals surface area contributed by atoms with Crippen LogP contribution in [-0.2, 0) is 4.74 Å². The molecule has 3 atom stereocenters. The number of allylic oxidation sites excluding steroid dienone is 2. The first kappa shape index (κ1) is 13.4. The topological polar surface area (TPSA) is 26.3 Å². The van der Waals surface area contributed by atoms with E-state index in [1.165, 1.54) is 18.4 Å². The van der Waals surface area contributed by atoms with Crippen molar-refractivity contribution in [2.45, 2.75) is 38.5 Å². The number of hydrogen-bond donors (Lipinski definition) is 0. The van der Waals surface area contributed by atoms with Gasteiger partial charge in [-0.15, -0.1) is 0 Å². The third-order valence-electron chi connectivity index (χ3n) is 4.58. The molecule has 3 unspecified atom stereocenters. The summed E-state index contributed by atoms with van der Waals surface area (Å²) in [7, 11) is 0. The van der Waals surface area contributed by atoms with E-state index in [9.17, 15) is 4.79 Å². The van der Waals surface area contributed by atoms with E-state index in [0.717, 1.165) is 18.8 Å². The highest BCUT2D eigenvalue weighted by molar-refractivity contribution is 5.89. The SMILES string of the molecule is CCCCOC(=O)c1ccc(C2CC3C=CC2C3)cc1. The maximum absolute atomic E-state index is 11.8. The van der Waals surface area contributed by atoms with E-state index >= 15 is 0 Å². The van der Waals surface area contributed by atoms with Gasteiger partial charge in [-0.05, 0) is 54.7 Å². The van der Waals surface area contributed by atoms with Crippen LogP contribution >= 0.6 is 0 Å². The Morgan fingerprint density at radius 1 is 1.20 bits per heavy atom. The minimum atomic E-state index is -0.196. The molecule has 2 aliphatic carbocycles. The third kappa shape index (κ3) is 2.65. The number of carbonyl (C=O) groups is 1. The summed E-state index contributed by atoms with van der Waals surface area (Å²) < 4.78 is 5.23. The molecule has 2 nitrogen and oxygen atoms in total. The van der Waals surface area contributed by atoms with Gasteiger partial charge in [0.2, 0.25) is 0 Å². The molecule has 0 aliphatic heterocycles. The van der Waals surface area contributed by atoms with Crippen molar-refractivity contribution in [3.63, 3.8) is 0 Å². The van der Waals surface area contributed by atoms with E-state index in [4.69, 9.17) is 4.74 Å². The molecule has 0 aromatic heterocycles. The summed E-state index contributed by atoms with van der Waals surface area (Å²) in [4.78, 5) is 11.8. The molecule has 1 aromatic carbocycles. The molecule has 0 N–H and O–H groups in total. The van der Waals surface area contributed by atoms with Crippen molar-refractivity contribution in [3.8, 4) is 0 Å². The van der Waals surface area contributed by atoms with Gasteiger partial charge >= 0.3 is 5.97 Å². The lowest BCUT2D eigenvalue weighted by atomic mass is 9.86. The minimum absolute atomic E-state index is 0.196. The Hall–Kier alpha value is -1.57. The fourth-order valence-corrected chi connectivity index (χ4v) is 3.42. The van der Waals surface area contributed by atoms with E-state index in [0.29, 0.717) is 24.0 Å². The first-order valence-electron chi connectivity index (χ1n) is 7.73. The second kappa shape index (κ2) is 5.82. The van der Waals surface area contributed by atoms with Crippen molar-refractivity contribution in [3.05, 3.63) is 47.5 Å². The molecule has 0 spiro atoms. The Bertz CT molecular complexity index is 501. The maximum Gasteiger partial charge on any atom is 0.338 e. The van der Waals surface area contributed by atoms with Gasteiger partial charge in [-0.1, -0.05) is 37.6 Å². The summed E-state index contributed by atoms with van der Waals surface area (Å²) in [6.45, 7) is 2.61. The van der Waals surface area contributed by atoms with Crippen molar-refractivity contribution in [2.24, 2.45) is 11.8 Å². The van der Waals surface area contributed by atoms with Crippen molar-refractivity contribution >= 4 is 5.97 Å². The standard InChI is InChI=1S/C18H22O2/c1-2-3-10-20-18(19)15-8-6-14(7-9-15)17-12-13-4-5-16(17)11-13/h4-9,13,16-17H,2-3,10-12H2,1H3. The molecule has 0 saturated heterocycles. The molecule has 0 amide bonds. The maximum atomic E-state index is 11.8. The number of hydrogen-bond acceptors (Lipinski definition) is 2. The zero-order valence-electron chi connectivity index (χ0n) is 12.0. The van der Waals surface area contributed by atoms with Crippen molar-refractivity contribution in [1.29, 1.82) is 0 Å². The summed E-state index contributed by atoms with van der Waals surface area (Å²) in [5, 5.41) is 0. The fourth-order valence-electron chi connectivity index (χ4n) is 3.42. The van der Waals surface area contributed by atoms with Gasteiger partial charge in [0, 0.05) is 0 Å². The Kier molecular flexibility index (Phi) is 3.90. The van der Waals surface area contributed by atoms with Gasteiger partial charge < -0.3 is 4.74 Å². The third-order valence-corrected chi connectivity index (χ3v) is 4.58. The zero-order valence-corrected chi connectivity index (χ0v) is 12.0. The lowest BCUT2D eigenvalue weighted by molar-refractivity contribution is 0.0499. The summed E-state index contributed by atoms with van der Waals surface area (Å²) in [6, 6.07) is 8.05. The molecule has 0 heterocycles. The van der Waals surface area contributed by atoms with Gasteiger partial charge in [-0.3, -0.25) is 0 Å². The largest absolute Gasteiger partial charge is 0.462 e. The molecular weight excluding hydrogens is 248 g/mol. The molecular formula is C18H22O2. The van der Waals surface area contributed by atoms with Crippen molar-refractivity contribution in [1.82, 2.24) is 0 Å². The van der Waals surface area contributed by atoms with E-state index in [2.05, 4.69) is 31.2 Å². The van der Waals surface area contributed by atoms with Crippen LogP contribution in [-0.4, -0.2) is 12.6 Å². The van der Waals surface area contributed by atoms with Crippen LogP contribution in [0.2, 0.25) is 0 Å². The first-order valence-corrected chi connectivity index (χ1v) is 7.73. The molecule has 3 rings (SSSR count). The minimum Gasteiger partial charge on any atom is -0.462 e. The van der Waals surface area contributed by atoms with Gasteiger partial charge in [0.05, 0.1) is 12.2 Å². The molecule has 1 saturated carbocycles. The van der Waals surface area contributed by atoms with Crippen LogP contribution in [0.1, 0.15) is 54.4 Å². The molecule has 20 heavy (non-hydrogen) atoms. The van der Waals surface area contributed by atoms with Crippen LogP contribution in [0.25, 0.3) is 0 Å². The van der Waals surface area contributed by atoms with Gasteiger partial charge in [0.1, 0.15) is 0 Å². The van der Waals surface area contributed by atoms with E-state index in [1.807, 2.05) is 12.1 Å². The highest BCUT2D eigenvalue weighted by atomic mass is 16.5. The Balaban J connectivity index is 1.63. The molecule has 2 aliphatic rings. The van der Waals surface area contributed by atoms with Crippen LogP contribution in [0.5, 0.6) is 0 Å². The number of rotatable bonds is 5. The van der Waals surface area contributed by atoms with Gasteiger partial charge in [-0.2, -0.15) is 0 Å². The summed E-state index contributed by atoms with van der Waals surface area (Å²) in [5.74, 6) is 1.94. The second-order valence-corrected chi connectivity index (χ2v) is 6.00. The highest BCUT2D eigenvalue weighted by Crippen LogP contribution is 2.48. The monoisotopic (exact) mass is 270 g/mol. The molecule has 0 radical (unpaired) electrons. The zero-order chi connectivity index (χ0) is 13.9. The van der Waals surface area contributed by atoms with Crippen molar-refractivity contribution in [2.75, 3.05) is 6.61 Å². The van der Waals surface area contributed by atoms with Crippen LogP contribution in [0.15, 0.2) is 36.4 Å². The molecule has 106 valence electrons. The van der Waals surface area contributed by atoms with Gasteiger partial charge in [-0.25, -0.2) is 4.79 Å². The van der Waals surface area contributed by atoms with Crippen LogP contribution in [0.3, 0.4) is 0 Å². The van der Waals surface area contributed by atoms with Crippen molar-refractivity contribution < 1.29 is 9.53 Å². The highest BCUT2D eigenvalue weighted by Gasteiger charge is 2.36. The lowest BCUT2D eigenvalue weighted by Crippen LogP contribution is -2.08. The average molecular weight is 270 g/mol. The fraction of sp³-hybridized carbons (Fsp3) is 0.500. The molecule has 2 bridgehead atoms. The summed E-state index contributed by atoms with van der Waals surface area (Å²) >= 11 is 0. The number of esters is 1. The molecule has 1 fully saturated rings. The van der Waals surface area contributed by atoms with E-state index in [1.54, 1.807) is 0 Å². The average Bonchev–Trinajstić information content (AvgIpc) is 3.10. The molecule has 2 heteroatoms. The Labute approximate surface area is 120 Å². The Morgan fingerprint density at radius 2 is 2.00 bits per heavy atom. The molecule has 1 aromatic rings. The second-order valence-electron chi connectivity index (χ2n) is 6.00.